The molecule has 54 valence electrons. The van der Waals surface area contributed by atoms with Gasteiger partial charge in [0.1, 0.15) is 0 Å². The summed E-state index contributed by atoms with van der Waals surface area (Å²) in [5.41, 5.74) is 1.79. The molecule has 0 radical (unpaired) electrons. The second-order valence-electron chi connectivity index (χ2n) is 2.04. The molecular formula is C7H10N2O. The van der Waals surface area contributed by atoms with Gasteiger partial charge in [-0.2, -0.15) is 5.10 Å². The monoisotopic (exact) mass is 138 g/mol. The summed E-state index contributed by atoms with van der Waals surface area (Å²) in [7, 11) is 0. The normalized spacial score (nSPS) is 9.80. The minimum absolute atomic E-state index is 0.0413. The summed E-state index contributed by atoms with van der Waals surface area (Å²) in [6, 6.07) is 0. The van der Waals surface area contributed by atoms with Crippen molar-refractivity contribution in [3.05, 3.63) is 24.0 Å². The van der Waals surface area contributed by atoms with Crippen LogP contribution in [0.2, 0.25) is 0 Å². The summed E-state index contributed by atoms with van der Waals surface area (Å²) >= 11 is 0. The Bertz CT molecular complexity index is 240. The maximum Gasteiger partial charge on any atom is 0.0715 e. The molecule has 3 nitrogen and oxygen atoms in total. The molecule has 10 heavy (non-hydrogen) atoms. The molecule has 0 amide bonds. The second kappa shape index (κ2) is 2.66. The minimum atomic E-state index is 0.0413. The van der Waals surface area contributed by atoms with Crippen molar-refractivity contribution in [3.8, 4) is 0 Å². The Morgan fingerprint density at radius 3 is 2.90 bits per heavy atom. The average molecular weight is 138 g/mol. The van der Waals surface area contributed by atoms with Crippen LogP contribution >= 0.6 is 0 Å². The van der Waals surface area contributed by atoms with Crippen molar-refractivity contribution >= 4 is 6.20 Å². The van der Waals surface area contributed by atoms with Crippen molar-refractivity contribution in [2.75, 3.05) is 0 Å². The van der Waals surface area contributed by atoms with Crippen molar-refractivity contribution in [2.24, 2.45) is 0 Å². The number of aromatic nitrogens is 2. The van der Waals surface area contributed by atoms with Gasteiger partial charge in [-0.15, -0.1) is 0 Å². The third-order valence-electron chi connectivity index (χ3n) is 1.49. The largest absolute Gasteiger partial charge is 0.392 e. The van der Waals surface area contributed by atoms with Crippen LogP contribution in [0, 0.1) is 6.92 Å². The lowest BCUT2D eigenvalue weighted by molar-refractivity contribution is 0.281. The van der Waals surface area contributed by atoms with E-state index in [0.717, 1.165) is 11.3 Å². The van der Waals surface area contributed by atoms with Gasteiger partial charge in [-0.05, 0) is 6.92 Å². The average Bonchev–Trinajstić information content (AvgIpc) is 2.30. The molecule has 1 aromatic heterocycles. The molecule has 0 aliphatic rings. The Kier molecular flexibility index (Phi) is 1.87. The fourth-order valence-electron chi connectivity index (χ4n) is 0.798. The van der Waals surface area contributed by atoms with Gasteiger partial charge >= 0.3 is 0 Å². The molecule has 1 N–H and O–H groups in total. The molecule has 0 fully saturated rings. The fraction of sp³-hybridized carbons (Fsp3) is 0.286. The number of aliphatic hydroxyl groups is 1. The lowest BCUT2D eigenvalue weighted by Crippen LogP contribution is -1.91. The maximum absolute atomic E-state index is 8.74. The molecule has 0 aliphatic carbocycles. The third-order valence-corrected chi connectivity index (χ3v) is 1.49. The van der Waals surface area contributed by atoms with Crippen molar-refractivity contribution < 1.29 is 5.11 Å². The van der Waals surface area contributed by atoms with Crippen molar-refractivity contribution in [1.82, 2.24) is 9.78 Å². The third kappa shape index (κ3) is 0.953. The first-order valence-corrected chi connectivity index (χ1v) is 3.06. The van der Waals surface area contributed by atoms with Gasteiger partial charge in [0.2, 0.25) is 0 Å². The van der Waals surface area contributed by atoms with E-state index in [2.05, 4.69) is 11.7 Å². The molecule has 1 heterocycles. The summed E-state index contributed by atoms with van der Waals surface area (Å²) < 4.78 is 1.63. The lowest BCUT2D eigenvalue weighted by atomic mass is 10.3. The Labute approximate surface area is 59.6 Å². The standard InChI is InChI=1S/C7H10N2O/c1-3-9-6(2)7(5-10)4-8-9/h3-4,10H,1,5H2,2H3. The minimum Gasteiger partial charge on any atom is -0.392 e. The molecule has 1 rings (SSSR count). The number of nitrogens with zero attached hydrogens (tertiary/aromatic N) is 2. The Morgan fingerprint density at radius 2 is 2.60 bits per heavy atom. The number of hydrogen-bond acceptors (Lipinski definition) is 2. The smallest absolute Gasteiger partial charge is 0.0715 e. The van der Waals surface area contributed by atoms with E-state index in [1.807, 2.05) is 6.92 Å². The van der Waals surface area contributed by atoms with E-state index >= 15 is 0 Å². The number of rotatable bonds is 2. The molecular weight excluding hydrogens is 128 g/mol. The van der Waals surface area contributed by atoms with Gasteiger partial charge in [-0.1, -0.05) is 6.58 Å². The molecule has 1 aromatic rings. The highest BCUT2D eigenvalue weighted by atomic mass is 16.3. The van der Waals surface area contributed by atoms with Crippen LogP contribution in [0.4, 0.5) is 0 Å². The van der Waals surface area contributed by atoms with Gasteiger partial charge in [0.15, 0.2) is 0 Å². The summed E-state index contributed by atoms with van der Waals surface area (Å²) in [4.78, 5) is 0. The highest BCUT2D eigenvalue weighted by Gasteiger charge is 2.00. The quantitative estimate of drug-likeness (QED) is 0.656. The van der Waals surface area contributed by atoms with E-state index in [1.165, 1.54) is 0 Å². The predicted molar refractivity (Wildman–Crippen MR) is 39.3 cm³/mol. The van der Waals surface area contributed by atoms with Crippen LogP contribution in [0.25, 0.3) is 6.20 Å². The molecule has 0 aromatic carbocycles. The Morgan fingerprint density at radius 1 is 1.90 bits per heavy atom. The molecule has 0 unspecified atom stereocenters. The van der Waals surface area contributed by atoms with Gasteiger partial charge in [0, 0.05) is 17.5 Å². The van der Waals surface area contributed by atoms with E-state index in [-0.39, 0.29) is 6.61 Å². The van der Waals surface area contributed by atoms with E-state index in [9.17, 15) is 0 Å². The number of hydrogen-bond donors (Lipinski definition) is 1. The highest BCUT2D eigenvalue weighted by Crippen LogP contribution is 2.05. The summed E-state index contributed by atoms with van der Waals surface area (Å²) in [5.74, 6) is 0. The van der Waals surface area contributed by atoms with Gasteiger partial charge in [0.05, 0.1) is 12.8 Å². The van der Waals surface area contributed by atoms with Crippen LogP contribution in [0.15, 0.2) is 12.8 Å². The van der Waals surface area contributed by atoms with Crippen LogP contribution < -0.4 is 0 Å². The summed E-state index contributed by atoms with van der Waals surface area (Å²) in [6.07, 6.45) is 3.24. The zero-order valence-electron chi connectivity index (χ0n) is 5.91. The Hall–Kier alpha value is -1.09. The van der Waals surface area contributed by atoms with E-state index in [1.54, 1.807) is 17.1 Å². The maximum atomic E-state index is 8.74. The molecule has 0 saturated heterocycles. The predicted octanol–water partition coefficient (Wildman–Crippen LogP) is 0.784. The van der Waals surface area contributed by atoms with Gasteiger partial charge in [-0.3, -0.25) is 0 Å². The van der Waals surface area contributed by atoms with E-state index in [0.29, 0.717) is 0 Å². The highest BCUT2D eigenvalue weighted by molar-refractivity contribution is 5.25. The topological polar surface area (TPSA) is 38.0 Å². The summed E-state index contributed by atoms with van der Waals surface area (Å²) in [5, 5.41) is 12.7. The first-order valence-electron chi connectivity index (χ1n) is 3.06. The second-order valence-corrected chi connectivity index (χ2v) is 2.04. The SMILES string of the molecule is C=Cn1ncc(CO)c1C. The van der Waals surface area contributed by atoms with Crippen molar-refractivity contribution in [1.29, 1.82) is 0 Å². The van der Waals surface area contributed by atoms with Crippen LogP contribution in [-0.2, 0) is 6.61 Å². The van der Waals surface area contributed by atoms with Crippen LogP contribution in [-0.4, -0.2) is 14.9 Å². The van der Waals surface area contributed by atoms with Gasteiger partial charge in [0.25, 0.3) is 0 Å². The van der Waals surface area contributed by atoms with E-state index in [4.69, 9.17) is 5.11 Å². The fourth-order valence-corrected chi connectivity index (χ4v) is 0.798. The zero-order chi connectivity index (χ0) is 7.56. The molecule has 0 aliphatic heterocycles. The van der Waals surface area contributed by atoms with Crippen molar-refractivity contribution in [2.45, 2.75) is 13.5 Å². The van der Waals surface area contributed by atoms with Gasteiger partial charge in [-0.25, -0.2) is 4.68 Å². The van der Waals surface area contributed by atoms with Crippen molar-refractivity contribution in [3.63, 3.8) is 0 Å². The van der Waals surface area contributed by atoms with Crippen LogP contribution in [0.5, 0.6) is 0 Å². The first kappa shape index (κ1) is 7.02. The first-order chi connectivity index (χ1) is 4.79. The molecule has 0 spiro atoms. The summed E-state index contributed by atoms with van der Waals surface area (Å²) in [6.45, 7) is 5.49. The zero-order valence-corrected chi connectivity index (χ0v) is 5.91. The lowest BCUT2D eigenvalue weighted by Gasteiger charge is -1.94. The number of aliphatic hydroxyl groups excluding tert-OH is 1. The van der Waals surface area contributed by atoms with Crippen LogP contribution in [0.3, 0.4) is 0 Å². The molecule has 0 bridgehead atoms. The molecule has 3 heteroatoms. The van der Waals surface area contributed by atoms with Crippen LogP contribution in [0.1, 0.15) is 11.3 Å². The Balaban J connectivity index is 3.08. The molecule has 0 saturated carbocycles. The van der Waals surface area contributed by atoms with E-state index < -0.39 is 0 Å². The molecule has 0 atom stereocenters. The van der Waals surface area contributed by atoms with Gasteiger partial charge < -0.3 is 5.11 Å².